The third-order valence-corrected chi connectivity index (χ3v) is 12.2. The first-order valence-electron chi connectivity index (χ1n) is 25.9. The minimum atomic E-state index is -0.904. The van der Waals surface area contributed by atoms with Crippen LogP contribution < -0.4 is 4.74 Å². The maximum absolute atomic E-state index is 12.9. The summed E-state index contributed by atoms with van der Waals surface area (Å²) in [5.41, 5.74) is 2.50. The van der Waals surface area contributed by atoms with Crippen LogP contribution >= 0.6 is 0 Å². The van der Waals surface area contributed by atoms with Crippen molar-refractivity contribution in [3.63, 3.8) is 0 Å². The lowest BCUT2D eigenvalue weighted by Crippen LogP contribution is -2.30. The van der Waals surface area contributed by atoms with Crippen LogP contribution in [0.2, 0.25) is 0 Å². The van der Waals surface area contributed by atoms with Gasteiger partial charge in [0, 0.05) is 37.9 Å². The summed E-state index contributed by atoms with van der Waals surface area (Å²) in [4.78, 5) is 51.2. The van der Waals surface area contributed by atoms with Gasteiger partial charge >= 0.3 is 23.9 Å². The van der Waals surface area contributed by atoms with Crippen molar-refractivity contribution in [2.24, 2.45) is 0 Å². The zero-order valence-corrected chi connectivity index (χ0v) is 41.4. The predicted molar refractivity (Wildman–Crippen MR) is 257 cm³/mol. The van der Waals surface area contributed by atoms with E-state index in [2.05, 4.69) is 13.8 Å². The van der Waals surface area contributed by atoms with Crippen LogP contribution in [0.1, 0.15) is 256 Å². The number of aryl methyl sites for hydroxylation is 2. The second-order valence-corrected chi connectivity index (χ2v) is 19.0. The monoisotopic (exact) mass is 887 g/mol. The maximum Gasteiger partial charge on any atom is 0.311 e. The molecule has 0 atom stereocenters. The summed E-state index contributed by atoms with van der Waals surface area (Å²) in [5, 5.41) is 9.64. The van der Waals surface area contributed by atoms with E-state index >= 15 is 0 Å². The van der Waals surface area contributed by atoms with E-state index < -0.39 is 18.0 Å². The van der Waals surface area contributed by atoms with E-state index in [9.17, 15) is 24.3 Å². The molecule has 0 aliphatic rings. The third-order valence-electron chi connectivity index (χ3n) is 12.2. The average molecular weight is 887 g/mol. The molecule has 0 bridgehead atoms. The van der Waals surface area contributed by atoms with Gasteiger partial charge in [0.05, 0.1) is 0 Å². The molecule has 0 fully saturated rings. The first kappa shape index (κ1) is 58.1. The van der Waals surface area contributed by atoms with Gasteiger partial charge in [0.15, 0.2) is 6.10 Å². The van der Waals surface area contributed by atoms with Gasteiger partial charge in [-0.1, -0.05) is 188 Å². The Morgan fingerprint density at radius 1 is 0.508 bits per heavy atom. The molecule has 1 rings (SSSR count). The van der Waals surface area contributed by atoms with Crippen LogP contribution in [-0.2, 0) is 38.8 Å². The summed E-state index contributed by atoms with van der Waals surface area (Å²) in [7, 11) is 0. The Balaban J connectivity index is 2.52. The van der Waals surface area contributed by atoms with E-state index in [1.807, 2.05) is 39.8 Å². The molecule has 0 heterocycles. The smallest absolute Gasteiger partial charge is 0.311 e. The van der Waals surface area contributed by atoms with Crippen molar-refractivity contribution in [3.8, 4) is 5.75 Å². The number of aliphatic hydroxyl groups is 1. The van der Waals surface area contributed by atoms with Crippen molar-refractivity contribution in [1.29, 1.82) is 0 Å². The summed E-state index contributed by atoms with van der Waals surface area (Å²) < 4.78 is 22.6. The lowest BCUT2D eigenvalue weighted by molar-refractivity contribution is -0.167. The molecule has 1 N–H and O–H groups in total. The van der Waals surface area contributed by atoms with E-state index in [0.717, 1.165) is 55.2 Å². The molecule has 0 saturated heterocycles. The molecule has 0 aliphatic carbocycles. The number of esters is 4. The second-order valence-electron chi connectivity index (χ2n) is 19.0. The number of carbonyl (C=O) groups excluding carboxylic acids is 4. The highest BCUT2D eigenvalue weighted by molar-refractivity contribution is 5.74. The molecule has 364 valence electrons. The Kier molecular flexibility index (Phi) is 35.3. The van der Waals surface area contributed by atoms with Gasteiger partial charge in [0.2, 0.25) is 0 Å². The van der Waals surface area contributed by atoms with Gasteiger partial charge in [-0.05, 0) is 68.6 Å². The van der Waals surface area contributed by atoms with E-state index in [0.29, 0.717) is 37.9 Å². The number of aliphatic hydroxyl groups excluding tert-OH is 1. The number of hydrogen-bond donors (Lipinski definition) is 1. The molecule has 1 aromatic rings. The molecule has 1 aromatic carbocycles. The Morgan fingerprint density at radius 2 is 0.857 bits per heavy atom. The van der Waals surface area contributed by atoms with Crippen LogP contribution in [0.3, 0.4) is 0 Å². The molecule has 0 spiro atoms. The molecule has 0 unspecified atom stereocenters. The zero-order valence-electron chi connectivity index (χ0n) is 41.4. The summed E-state index contributed by atoms with van der Waals surface area (Å²) in [6, 6.07) is 3.91. The Labute approximate surface area is 385 Å². The van der Waals surface area contributed by atoms with Gasteiger partial charge in [-0.2, -0.15) is 0 Å². The highest BCUT2D eigenvalue weighted by Gasteiger charge is 2.27. The predicted octanol–water partition coefficient (Wildman–Crippen LogP) is 14.4. The fourth-order valence-electron chi connectivity index (χ4n) is 8.44. The van der Waals surface area contributed by atoms with Crippen molar-refractivity contribution < 1.29 is 43.2 Å². The molecule has 9 heteroatoms. The van der Waals surface area contributed by atoms with Crippen molar-refractivity contribution >= 4 is 23.9 Å². The first-order chi connectivity index (χ1) is 30.4. The van der Waals surface area contributed by atoms with E-state index in [4.69, 9.17) is 18.9 Å². The van der Waals surface area contributed by atoms with Crippen LogP contribution in [-0.4, -0.2) is 54.9 Å². The third kappa shape index (κ3) is 31.6. The highest BCUT2D eigenvalue weighted by atomic mass is 16.6. The number of ether oxygens (including phenoxy) is 4. The number of hydrogen-bond acceptors (Lipinski definition) is 9. The van der Waals surface area contributed by atoms with Crippen molar-refractivity contribution in [2.75, 3.05) is 19.8 Å². The van der Waals surface area contributed by atoms with Crippen LogP contribution in [0, 0.1) is 13.8 Å². The van der Waals surface area contributed by atoms with Gasteiger partial charge in [-0.3, -0.25) is 19.2 Å². The van der Waals surface area contributed by atoms with E-state index in [1.165, 1.54) is 128 Å². The van der Waals surface area contributed by atoms with Gasteiger partial charge in [0.1, 0.15) is 19.0 Å². The molecule has 0 aliphatic heterocycles. The number of unbranched alkanes of at least 4 members (excludes halogenated alkanes) is 25. The second kappa shape index (κ2) is 38.3. The maximum atomic E-state index is 12.9. The number of carbonyl (C=O) groups is 4. The quantitative estimate of drug-likeness (QED) is 0.0295. The topological polar surface area (TPSA) is 125 Å². The van der Waals surface area contributed by atoms with Gasteiger partial charge in [-0.15, -0.1) is 0 Å². The van der Waals surface area contributed by atoms with Crippen molar-refractivity contribution in [1.82, 2.24) is 0 Å². The van der Waals surface area contributed by atoms with Crippen LogP contribution in [0.5, 0.6) is 5.75 Å². The Hall–Kier alpha value is -2.94. The van der Waals surface area contributed by atoms with Crippen LogP contribution in [0.15, 0.2) is 12.1 Å². The Morgan fingerprint density at radius 3 is 1.25 bits per heavy atom. The Bertz CT molecular complexity index is 1290. The number of rotatable bonds is 42. The highest BCUT2D eigenvalue weighted by Crippen LogP contribution is 2.38. The number of benzene rings is 1. The van der Waals surface area contributed by atoms with E-state index in [-0.39, 0.29) is 50.0 Å². The summed E-state index contributed by atoms with van der Waals surface area (Å²) >= 11 is 0. The fourth-order valence-corrected chi connectivity index (χ4v) is 8.44. The summed E-state index contributed by atoms with van der Waals surface area (Å²) in [5.74, 6) is -1.08. The zero-order chi connectivity index (χ0) is 46.4. The van der Waals surface area contributed by atoms with Gasteiger partial charge in [0.25, 0.3) is 0 Å². The molecule has 0 radical (unpaired) electrons. The molecule has 0 saturated carbocycles. The average Bonchev–Trinajstić information content (AvgIpc) is 3.23. The molecule has 9 nitrogen and oxygen atoms in total. The largest absolute Gasteiger partial charge is 0.462 e. The molecule has 0 aromatic heterocycles. The SMILES string of the molecule is CCCCCCCCCCCCCCCC(=O)OCC(COC(=O)CCCCCCCCCCCCCCC)OC(=O)CCCCC(=O)Oc1cc(C)cc(C)c1C(C)(C)CCO. The minimum absolute atomic E-state index is 0.0224. The summed E-state index contributed by atoms with van der Waals surface area (Å²) in [6.45, 7) is 12.2. The molecular formula is C54H94O9. The van der Waals surface area contributed by atoms with Crippen LogP contribution in [0.4, 0.5) is 0 Å². The summed E-state index contributed by atoms with van der Waals surface area (Å²) in [6.07, 6.45) is 33.0. The lowest BCUT2D eigenvalue weighted by atomic mass is 9.78. The minimum Gasteiger partial charge on any atom is -0.462 e. The van der Waals surface area contributed by atoms with Crippen molar-refractivity contribution in [3.05, 3.63) is 28.8 Å². The fraction of sp³-hybridized carbons (Fsp3) is 0.815. The van der Waals surface area contributed by atoms with Crippen LogP contribution in [0.25, 0.3) is 0 Å². The lowest BCUT2D eigenvalue weighted by Gasteiger charge is -2.29. The molecule has 63 heavy (non-hydrogen) atoms. The normalized spacial score (nSPS) is 11.6. The van der Waals surface area contributed by atoms with Gasteiger partial charge < -0.3 is 24.1 Å². The van der Waals surface area contributed by atoms with E-state index in [1.54, 1.807) is 0 Å². The first-order valence-corrected chi connectivity index (χ1v) is 25.9. The van der Waals surface area contributed by atoms with Gasteiger partial charge in [-0.25, -0.2) is 0 Å². The van der Waals surface area contributed by atoms with Crippen molar-refractivity contribution in [2.45, 2.75) is 265 Å². The standard InChI is InChI=1S/C54H94O9/c1-7-9-11-13-15-17-19-21-23-25-27-29-31-35-49(56)60-43-47(44-61-50(57)36-32-30-28-26-24-22-20-18-16-14-12-10-8-2)62-51(58)37-33-34-38-52(59)63-48-42-45(3)41-46(4)53(48)54(5,6)39-40-55/h41-42,47,55H,7-40,43-44H2,1-6H3. The molecular weight excluding hydrogens is 793 g/mol. The molecule has 0 amide bonds.